The molecule has 5 aliphatic rings. The molecule has 4 aliphatic carbocycles. The number of fused-ring (bicyclic) bond motifs is 5. The smallest absolute Gasteiger partial charge is 0.306 e. The molecule has 0 radical (unpaired) electrons. The topological polar surface area (TPSA) is 136 Å². The fourth-order valence-corrected chi connectivity index (χ4v) is 10.8. The largest absolute Gasteiger partial charge is 0.458 e. The van der Waals surface area contributed by atoms with Crippen molar-refractivity contribution < 1.29 is 38.6 Å². The van der Waals surface area contributed by atoms with Gasteiger partial charge in [-0.15, -0.1) is 0 Å². The minimum absolute atomic E-state index is 0.0206. The monoisotopic (exact) mass is 675 g/mol. The Hall–Kier alpha value is -3.17. The van der Waals surface area contributed by atoms with Gasteiger partial charge in [0.05, 0.1) is 12.0 Å². The molecule has 0 spiro atoms. The second-order valence-corrected chi connectivity index (χ2v) is 16.7. The first-order valence-electron chi connectivity index (χ1n) is 18.3. The Bertz CT molecular complexity index is 1530. The first-order chi connectivity index (χ1) is 23.1. The number of hydrogen-bond acceptors (Lipinski definition) is 8. The maximum Gasteiger partial charge on any atom is 0.306 e. The Morgan fingerprint density at radius 3 is 2.47 bits per heavy atom. The van der Waals surface area contributed by atoms with Crippen LogP contribution in [0.3, 0.4) is 0 Å². The summed E-state index contributed by atoms with van der Waals surface area (Å²) < 4.78 is 11.3. The number of esters is 1. The van der Waals surface area contributed by atoms with Gasteiger partial charge in [-0.25, -0.2) is 0 Å². The number of Topliss-reactive ketones (excluding diaryl/α,β-unsaturated/α-hetero) is 2. The minimum Gasteiger partial charge on any atom is -0.458 e. The van der Waals surface area contributed by atoms with E-state index in [1.54, 1.807) is 6.08 Å². The van der Waals surface area contributed by atoms with Crippen LogP contribution in [0.5, 0.6) is 0 Å². The van der Waals surface area contributed by atoms with Crippen molar-refractivity contribution in [3.8, 4) is 0 Å². The third kappa shape index (κ3) is 6.46. The molecule has 2 N–H and O–H groups in total. The summed E-state index contributed by atoms with van der Waals surface area (Å²) in [6, 6.07) is 10.3. The van der Waals surface area contributed by atoms with Crippen molar-refractivity contribution in [2.75, 3.05) is 19.8 Å². The number of carbonyl (C=O) groups is 5. The molecule has 1 aromatic carbocycles. The summed E-state index contributed by atoms with van der Waals surface area (Å²) in [5.41, 5.74) is -1.17. The highest BCUT2D eigenvalue weighted by Crippen LogP contribution is 2.66. The van der Waals surface area contributed by atoms with Crippen molar-refractivity contribution in [1.82, 2.24) is 5.32 Å². The van der Waals surface area contributed by atoms with Crippen LogP contribution < -0.4 is 5.32 Å². The van der Waals surface area contributed by atoms with Gasteiger partial charge in [-0.3, -0.25) is 24.0 Å². The SMILES string of the molecule is CC1(C)CC(CCNC(=O)CCC(=O)OCC(=O)C2(O)CCC3C4CCC5=CC(=O)CCC5(C)C4C(=O)CC32C)(c2ccccc2)CCO1. The van der Waals surface area contributed by atoms with Gasteiger partial charge in [0.2, 0.25) is 11.7 Å². The van der Waals surface area contributed by atoms with Gasteiger partial charge in [0, 0.05) is 49.2 Å². The van der Waals surface area contributed by atoms with E-state index in [0.29, 0.717) is 32.4 Å². The second kappa shape index (κ2) is 13.2. The molecule has 1 aromatic rings. The van der Waals surface area contributed by atoms with Gasteiger partial charge >= 0.3 is 5.97 Å². The van der Waals surface area contributed by atoms with Crippen molar-refractivity contribution in [2.45, 2.75) is 121 Å². The molecule has 49 heavy (non-hydrogen) atoms. The molecule has 1 heterocycles. The van der Waals surface area contributed by atoms with E-state index >= 15 is 0 Å². The summed E-state index contributed by atoms with van der Waals surface area (Å²) in [7, 11) is 0. The molecule has 4 fully saturated rings. The number of ketones is 3. The van der Waals surface area contributed by atoms with Crippen LogP contribution in [0.25, 0.3) is 0 Å². The molecular formula is C40H53NO8. The van der Waals surface area contributed by atoms with Crippen LogP contribution in [0.1, 0.15) is 110 Å². The van der Waals surface area contributed by atoms with Gasteiger partial charge in [0.15, 0.2) is 12.4 Å². The summed E-state index contributed by atoms with van der Waals surface area (Å²) >= 11 is 0. The zero-order chi connectivity index (χ0) is 35.2. The maximum absolute atomic E-state index is 13.9. The predicted molar refractivity (Wildman–Crippen MR) is 182 cm³/mol. The predicted octanol–water partition coefficient (Wildman–Crippen LogP) is 5.35. The van der Waals surface area contributed by atoms with Gasteiger partial charge in [-0.1, -0.05) is 49.8 Å². The summed E-state index contributed by atoms with van der Waals surface area (Å²) in [6.45, 7) is 8.67. The normalized spacial score (nSPS) is 36.5. The molecule has 9 nitrogen and oxygen atoms in total. The fraction of sp³-hybridized carbons (Fsp3) is 0.675. The molecule has 9 heteroatoms. The Morgan fingerprint density at radius 2 is 1.73 bits per heavy atom. The number of ether oxygens (including phenoxy) is 2. The van der Waals surface area contributed by atoms with E-state index in [-0.39, 0.29) is 77.3 Å². The first kappa shape index (κ1) is 35.6. The van der Waals surface area contributed by atoms with Gasteiger partial charge in [0.1, 0.15) is 11.4 Å². The molecule has 0 bridgehead atoms. The van der Waals surface area contributed by atoms with E-state index in [1.807, 2.05) is 25.1 Å². The first-order valence-corrected chi connectivity index (χ1v) is 18.3. The lowest BCUT2D eigenvalue weighted by molar-refractivity contribution is -0.173. The lowest BCUT2D eigenvalue weighted by atomic mass is 9.46. The number of amides is 1. The van der Waals surface area contributed by atoms with Crippen molar-refractivity contribution in [3.63, 3.8) is 0 Å². The quantitative estimate of drug-likeness (QED) is 0.317. The highest BCUT2D eigenvalue weighted by atomic mass is 16.5. The number of carbonyl (C=O) groups excluding carboxylic acids is 5. The van der Waals surface area contributed by atoms with Crippen molar-refractivity contribution >= 4 is 29.2 Å². The Morgan fingerprint density at radius 1 is 0.980 bits per heavy atom. The van der Waals surface area contributed by atoms with Gasteiger partial charge in [-0.2, -0.15) is 0 Å². The molecule has 1 amide bonds. The number of allylic oxidation sites excluding steroid dienone is 1. The van der Waals surface area contributed by atoms with E-state index < -0.39 is 29.4 Å². The molecule has 266 valence electrons. The molecule has 3 saturated carbocycles. The molecule has 0 aromatic heterocycles. The van der Waals surface area contributed by atoms with Crippen LogP contribution in [-0.4, -0.2) is 65.3 Å². The summed E-state index contributed by atoms with van der Waals surface area (Å²) in [4.78, 5) is 65.0. The summed E-state index contributed by atoms with van der Waals surface area (Å²) in [5.74, 6) is -1.55. The highest BCUT2D eigenvalue weighted by Gasteiger charge is 2.68. The number of nitrogens with one attached hydrogen (secondary N) is 1. The van der Waals surface area contributed by atoms with Crippen molar-refractivity contribution in [2.24, 2.45) is 28.6 Å². The van der Waals surface area contributed by atoms with Crippen LogP contribution in [0, 0.1) is 28.6 Å². The van der Waals surface area contributed by atoms with Crippen LogP contribution in [0.15, 0.2) is 42.0 Å². The van der Waals surface area contributed by atoms with Crippen LogP contribution >= 0.6 is 0 Å². The van der Waals surface area contributed by atoms with E-state index in [1.165, 1.54) is 5.56 Å². The fourth-order valence-electron chi connectivity index (χ4n) is 10.8. The molecule has 6 rings (SSSR count). The average Bonchev–Trinajstić information content (AvgIpc) is 3.33. The molecule has 1 aliphatic heterocycles. The van der Waals surface area contributed by atoms with Gasteiger partial charge < -0.3 is 19.9 Å². The number of hydrogen-bond donors (Lipinski definition) is 2. The third-order valence-electron chi connectivity index (χ3n) is 13.3. The summed E-state index contributed by atoms with van der Waals surface area (Å²) in [6.07, 6.45) is 7.47. The third-order valence-corrected chi connectivity index (χ3v) is 13.3. The molecule has 7 atom stereocenters. The van der Waals surface area contributed by atoms with Gasteiger partial charge in [0.25, 0.3) is 0 Å². The second-order valence-electron chi connectivity index (χ2n) is 16.7. The number of rotatable bonds is 10. The van der Waals surface area contributed by atoms with Crippen LogP contribution in [0.2, 0.25) is 0 Å². The van der Waals surface area contributed by atoms with E-state index in [2.05, 4.69) is 38.2 Å². The average molecular weight is 676 g/mol. The zero-order valence-electron chi connectivity index (χ0n) is 29.6. The number of benzene rings is 1. The number of aliphatic hydroxyl groups is 1. The molecule has 1 saturated heterocycles. The van der Waals surface area contributed by atoms with Crippen molar-refractivity contribution in [3.05, 3.63) is 47.5 Å². The van der Waals surface area contributed by atoms with Gasteiger partial charge in [-0.05, 0) is 94.1 Å². The Kier molecular flexibility index (Phi) is 9.59. The van der Waals surface area contributed by atoms with Crippen LogP contribution in [0.4, 0.5) is 0 Å². The molecule has 7 unspecified atom stereocenters. The lowest BCUT2D eigenvalue weighted by Gasteiger charge is -2.57. The van der Waals surface area contributed by atoms with E-state index in [4.69, 9.17) is 9.47 Å². The Balaban J connectivity index is 1.00. The van der Waals surface area contributed by atoms with E-state index in [0.717, 1.165) is 37.7 Å². The minimum atomic E-state index is -1.77. The standard InChI is InChI=1S/C40H53NO8/c1-36(2)25-39(19-21-49-36,26-8-6-5-7-9-26)18-20-41-33(45)12-13-34(46)48-24-32(44)40(47)17-15-30-29-11-10-27-22-28(42)14-16-37(27,3)35(29)31(43)23-38(30,40)4/h5-9,22,29-30,35,47H,10-21,23-25H2,1-4H3,(H,41,45). The zero-order valence-corrected chi connectivity index (χ0v) is 29.6. The highest BCUT2D eigenvalue weighted by molar-refractivity contribution is 5.95. The maximum atomic E-state index is 13.9. The van der Waals surface area contributed by atoms with E-state index in [9.17, 15) is 29.1 Å². The Labute approximate surface area is 289 Å². The van der Waals surface area contributed by atoms with Crippen LogP contribution in [-0.2, 0) is 38.9 Å². The van der Waals surface area contributed by atoms with Crippen molar-refractivity contribution in [1.29, 1.82) is 0 Å². The lowest BCUT2D eigenvalue weighted by Crippen LogP contribution is -2.61. The summed E-state index contributed by atoms with van der Waals surface area (Å²) in [5, 5.41) is 14.9. The molecular weight excluding hydrogens is 622 g/mol.